The van der Waals surface area contributed by atoms with Crippen LogP contribution in [0.25, 0.3) is 10.9 Å². The fraction of sp³-hybridized carbons (Fsp3) is 0.118. The van der Waals surface area contributed by atoms with Crippen LogP contribution >= 0.6 is 0 Å². The highest BCUT2D eigenvalue weighted by Crippen LogP contribution is 2.23. The first kappa shape index (κ1) is 13.2. The van der Waals surface area contributed by atoms with Crippen LogP contribution < -0.4 is 4.74 Å². The number of carboxylic acid groups (broad SMARTS) is 1. The largest absolute Gasteiger partial charge is 0.489 e. The highest BCUT2D eigenvalue weighted by Gasteiger charge is 2.10. The smallest absolute Gasteiger partial charge is 0.335 e. The second-order valence-corrected chi connectivity index (χ2v) is 4.90. The highest BCUT2D eigenvalue weighted by molar-refractivity contribution is 5.94. The van der Waals surface area contributed by atoms with Crippen LogP contribution in [0.3, 0.4) is 0 Å². The molecular weight excluding hydrogens is 266 g/mol. The number of carbonyl (C=O) groups is 1. The van der Waals surface area contributed by atoms with E-state index in [4.69, 9.17) is 9.84 Å². The van der Waals surface area contributed by atoms with Gasteiger partial charge in [-0.1, -0.05) is 24.3 Å². The van der Waals surface area contributed by atoms with E-state index < -0.39 is 5.97 Å². The van der Waals surface area contributed by atoms with Crippen molar-refractivity contribution in [3.05, 3.63) is 65.9 Å². The van der Waals surface area contributed by atoms with E-state index in [0.717, 1.165) is 22.2 Å². The average molecular weight is 281 g/mol. The number of hydrogen-bond donors (Lipinski definition) is 1. The lowest BCUT2D eigenvalue weighted by Gasteiger charge is -2.04. The molecule has 0 saturated carbocycles. The number of rotatable bonds is 4. The average Bonchev–Trinajstić information content (AvgIpc) is 2.82. The van der Waals surface area contributed by atoms with Gasteiger partial charge in [0, 0.05) is 29.7 Å². The zero-order valence-corrected chi connectivity index (χ0v) is 11.6. The SMILES string of the molecule is Cn1cc(COc2ccccc2)c2ccc(C(=O)O)cc21. The number of fused-ring (bicyclic) bond motifs is 1. The molecule has 0 saturated heterocycles. The molecule has 0 amide bonds. The molecule has 1 aromatic heterocycles. The van der Waals surface area contributed by atoms with Gasteiger partial charge in [0.05, 0.1) is 5.56 Å². The maximum atomic E-state index is 11.0. The van der Waals surface area contributed by atoms with Crippen molar-refractivity contribution >= 4 is 16.9 Å². The monoisotopic (exact) mass is 281 g/mol. The summed E-state index contributed by atoms with van der Waals surface area (Å²) in [5, 5.41) is 10.1. The lowest BCUT2D eigenvalue weighted by Crippen LogP contribution is -1.96. The predicted molar refractivity (Wildman–Crippen MR) is 80.7 cm³/mol. The number of aromatic nitrogens is 1. The summed E-state index contributed by atoms with van der Waals surface area (Å²) >= 11 is 0. The van der Waals surface area contributed by atoms with Crippen molar-refractivity contribution in [1.29, 1.82) is 0 Å². The van der Waals surface area contributed by atoms with Crippen molar-refractivity contribution in [1.82, 2.24) is 4.57 Å². The Labute approximate surface area is 122 Å². The van der Waals surface area contributed by atoms with Gasteiger partial charge in [0.15, 0.2) is 0 Å². The topological polar surface area (TPSA) is 51.5 Å². The first-order valence-corrected chi connectivity index (χ1v) is 6.64. The summed E-state index contributed by atoms with van der Waals surface area (Å²) in [4.78, 5) is 11.0. The standard InChI is InChI=1S/C17H15NO3/c1-18-10-13(11-21-14-5-3-2-4-6-14)15-8-7-12(17(19)20)9-16(15)18/h2-10H,11H2,1H3,(H,19,20). The predicted octanol–water partition coefficient (Wildman–Crippen LogP) is 3.46. The van der Waals surface area contributed by atoms with E-state index in [2.05, 4.69) is 0 Å². The third kappa shape index (κ3) is 2.60. The molecule has 0 unspecified atom stereocenters. The number of aryl methyl sites for hydroxylation is 1. The van der Waals surface area contributed by atoms with Crippen LogP contribution in [0.4, 0.5) is 0 Å². The van der Waals surface area contributed by atoms with E-state index in [0.29, 0.717) is 12.2 Å². The number of carboxylic acids is 1. The van der Waals surface area contributed by atoms with Crippen molar-refractivity contribution in [2.75, 3.05) is 0 Å². The second-order valence-electron chi connectivity index (χ2n) is 4.90. The summed E-state index contributed by atoms with van der Waals surface area (Å²) in [5.41, 5.74) is 2.22. The van der Waals surface area contributed by atoms with Gasteiger partial charge in [0.2, 0.25) is 0 Å². The number of hydrogen-bond acceptors (Lipinski definition) is 2. The number of benzene rings is 2. The molecule has 0 aliphatic heterocycles. The van der Waals surface area contributed by atoms with E-state index >= 15 is 0 Å². The lowest BCUT2D eigenvalue weighted by atomic mass is 10.1. The van der Waals surface area contributed by atoms with Crippen LogP contribution in [0, 0.1) is 0 Å². The Hall–Kier alpha value is -2.75. The number of nitrogens with zero attached hydrogens (tertiary/aromatic N) is 1. The van der Waals surface area contributed by atoms with Crippen molar-refractivity contribution in [2.45, 2.75) is 6.61 Å². The van der Waals surface area contributed by atoms with Gasteiger partial charge >= 0.3 is 5.97 Å². The second kappa shape index (κ2) is 5.32. The number of ether oxygens (including phenoxy) is 1. The van der Waals surface area contributed by atoms with Crippen LogP contribution in [0.15, 0.2) is 54.7 Å². The fourth-order valence-corrected chi connectivity index (χ4v) is 2.39. The Kier molecular flexibility index (Phi) is 3.36. The minimum atomic E-state index is -0.916. The van der Waals surface area contributed by atoms with Crippen LogP contribution in [0.1, 0.15) is 15.9 Å². The molecule has 3 aromatic rings. The summed E-state index contributed by atoms with van der Waals surface area (Å²) < 4.78 is 7.68. The first-order valence-electron chi connectivity index (χ1n) is 6.64. The van der Waals surface area contributed by atoms with Crippen LogP contribution in [-0.4, -0.2) is 15.6 Å². The van der Waals surface area contributed by atoms with Crippen LogP contribution in [0.5, 0.6) is 5.75 Å². The molecule has 0 bridgehead atoms. The minimum absolute atomic E-state index is 0.291. The molecule has 1 heterocycles. The van der Waals surface area contributed by atoms with E-state index in [1.807, 2.05) is 54.2 Å². The van der Waals surface area contributed by atoms with E-state index in [-0.39, 0.29) is 0 Å². The molecule has 106 valence electrons. The summed E-state index contributed by atoms with van der Waals surface area (Å²) in [6, 6.07) is 14.8. The van der Waals surface area contributed by atoms with Crippen molar-refractivity contribution in [2.24, 2.45) is 7.05 Å². The van der Waals surface area contributed by atoms with Gasteiger partial charge in [-0.15, -0.1) is 0 Å². The van der Waals surface area contributed by atoms with Gasteiger partial charge in [-0.3, -0.25) is 0 Å². The van der Waals surface area contributed by atoms with Gasteiger partial charge < -0.3 is 14.4 Å². The molecule has 0 aliphatic rings. The minimum Gasteiger partial charge on any atom is -0.489 e. The Bertz CT molecular complexity index is 790. The summed E-state index contributed by atoms with van der Waals surface area (Å²) in [7, 11) is 1.90. The van der Waals surface area contributed by atoms with E-state index in [1.165, 1.54) is 0 Å². The Morgan fingerprint density at radius 2 is 1.95 bits per heavy atom. The number of aromatic carboxylic acids is 1. The van der Waals surface area contributed by atoms with Crippen LogP contribution in [-0.2, 0) is 13.7 Å². The third-order valence-corrected chi connectivity index (χ3v) is 3.46. The summed E-state index contributed by atoms with van der Waals surface area (Å²) in [6.45, 7) is 0.452. The van der Waals surface area contributed by atoms with Gasteiger partial charge in [-0.2, -0.15) is 0 Å². The molecule has 2 aromatic carbocycles. The summed E-state index contributed by atoms with van der Waals surface area (Å²) in [6.07, 6.45) is 1.97. The third-order valence-electron chi connectivity index (χ3n) is 3.46. The maximum Gasteiger partial charge on any atom is 0.335 e. The van der Waals surface area contributed by atoms with E-state index in [9.17, 15) is 4.79 Å². The van der Waals surface area contributed by atoms with Gasteiger partial charge in [-0.05, 0) is 24.3 Å². The first-order chi connectivity index (χ1) is 10.1. The van der Waals surface area contributed by atoms with Gasteiger partial charge in [-0.25, -0.2) is 4.79 Å². The molecule has 4 heteroatoms. The van der Waals surface area contributed by atoms with Crippen LogP contribution in [0.2, 0.25) is 0 Å². The zero-order chi connectivity index (χ0) is 14.8. The molecule has 0 radical (unpaired) electrons. The van der Waals surface area contributed by atoms with Crippen molar-refractivity contribution in [3.8, 4) is 5.75 Å². The number of para-hydroxylation sites is 1. The summed E-state index contributed by atoms with van der Waals surface area (Å²) in [5.74, 6) is -0.100. The Balaban J connectivity index is 1.91. The molecular formula is C17H15NO3. The molecule has 0 spiro atoms. The Morgan fingerprint density at radius 1 is 1.19 bits per heavy atom. The van der Waals surface area contributed by atoms with Crippen molar-refractivity contribution in [3.63, 3.8) is 0 Å². The molecule has 4 nitrogen and oxygen atoms in total. The zero-order valence-electron chi connectivity index (χ0n) is 11.6. The fourth-order valence-electron chi connectivity index (χ4n) is 2.39. The lowest BCUT2D eigenvalue weighted by molar-refractivity contribution is 0.0697. The molecule has 3 rings (SSSR count). The molecule has 0 aliphatic carbocycles. The quantitative estimate of drug-likeness (QED) is 0.796. The maximum absolute atomic E-state index is 11.0. The molecule has 21 heavy (non-hydrogen) atoms. The van der Waals surface area contributed by atoms with E-state index in [1.54, 1.807) is 12.1 Å². The normalized spacial score (nSPS) is 10.7. The molecule has 1 N–H and O–H groups in total. The molecule has 0 atom stereocenters. The molecule has 0 fully saturated rings. The van der Waals surface area contributed by atoms with Crippen molar-refractivity contribution < 1.29 is 14.6 Å². The Morgan fingerprint density at radius 3 is 2.67 bits per heavy atom. The van der Waals surface area contributed by atoms with Gasteiger partial charge in [0.1, 0.15) is 12.4 Å². The van der Waals surface area contributed by atoms with Gasteiger partial charge in [0.25, 0.3) is 0 Å². The highest BCUT2D eigenvalue weighted by atomic mass is 16.5.